The molecule has 1 N–H and O–H groups in total. The molecule has 72 valence electrons. The second-order valence-corrected chi connectivity index (χ2v) is 3.28. The summed E-state index contributed by atoms with van der Waals surface area (Å²) in [6, 6.07) is 0. The standard InChI is InChI=1S/C10H21NO/c1-3-6-10(9-12)7-4-5-8-11-2/h9-11H,3-8H2,1-2H3. The molecule has 0 aromatic carbocycles. The predicted octanol–water partition coefficient (Wildman–Crippen LogP) is 1.99. The van der Waals surface area contributed by atoms with Gasteiger partial charge in [0.2, 0.25) is 0 Å². The fourth-order valence-corrected chi connectivity index (χ4v) is 1.36. The van der Waals surface area contributed by atoms with Crippen molar-refractivity contribution in [3.63, 3.8) is 0 Å². The van der Waals surface area contributed by atoms with Crippen LogP contribution in [0.1, 0.15) is 39.0 Å². The maximum atomic E-state index is 10.5. The molecule has 1 unspecified atom stereocenters. The van der Waals surface area contributed by atoms with Gasteiger partial charge in [0, 0.05) is 5.92 Å². The lowest BCUT2D eigenvalue weighted by molar-refractivity contribution is -0.111. The first-order chi connectivity index (χ1) is 5.85. The van der Waals surface area contributed by atoms with Crippen molar-refractivity contribution >= 4 is 6.29 Å². The molecule has 0 aliphatic heterocycles. The molecule has 0 amide bonds. The maximum absolute atomic E-state index is 10.5. The van der Waals surface area contributed by atoms with Gasteiger partial charge in [0.15, 0.2) is 0 Å². The summed E-state index contributed by atoms with van der Waals surface area (Å²) in [6.07, 6.45) is 6.72. The van der Waals surface area contributed by atoms with Crippen LogP contribution in [0.15, 0.2) is 0 Å². The van der Waals surface area contributed by atoms with E-state index < -0.39 is 0 Å². The van der Waals surface area contributed by atoms with E-state index in [0.717, 1.165) is 32.1 Å². The van der Waals surface area contributed by atoms with Crippen LogP contribution in [0, 0.1) is 5.92 Å². The summed E-state index contributed by atoms with van der Waals surface area (Å²) < 4.78 is 0. The number of rotatable bonds is 8. The maximum Gasteiger partial charge on any atom is 0.123 e. The van der Waals surface area contributed by atoms with Crippen LogP contribution in [0.4, 0.5) is 0 Å². The fourth-order valence-electron chi connectivity index (χ4n) is 1.36. The first-order valence-corrected chi connectivity index (χ1v) is 4.95. The topological polar surface area (TPSA) is 29.1 Å². The molecule has 0 saturated carbocycles. The summed E-state index contributed by atoms with van der Waals surface area (Å²) in [5.41, 5.74) is 0. The van der Waals surface area contributed by atoms with Crippen molar-refractivity contribution in [2.45, 2.75) is 39.0 Å². The minimum Gasteiger partial charge on any atom is -0.320 e. The van der Waals surface area contributed by atoms with Gasteiger partial charge in [0.05, 0.1) is 0 Å². The average Bonchev–Trinajstić information content (AvgIpc) is 2.10. The van der Waals surface area contributed by atoms with Gasteiger partial charge in [0.25, 0.3) is 0 Å². The van der Waals surface area contributed by atoms with E-state index in [0.29, 0.717) is 5.92 Å². The Labute approximate surface area is 75.7 Å². The minimum atomic E-state index is 0.312. The molecule has 0 bridgehead atoms. The molecule has 0 radical (unpaired) electrons. The first kappa shape index (κ1) is 11.6. The van der Waals surface area contributed by atoms with Crippen LogP contribution in [0.25, 0.3) is 0 Å². The third-order valence-electron chi connectivity index (χ3n) is 2.10. The van der Waals surface area contributed by atoms with Crippen molar-refractivity contribution < 1.29 is 4.79 Å². The lowest BCUT2D eigenvalue weighted by Gasteiger charge is -2.07. The number of unbranched alkanes of at least 4 members (excludes halogenated alkanes) is 1. The molecule has 12 heavy (non-hydrogen) atoms. The Balaban J connectivity index is 3.25. The van der Waals surface area contributed by atoms with Crippen molar-refractivity contribution in [1.82, 2.24) is 5.32 Å². The second kappa shape index (κ2) is 8.72. The van der Waals surface area contributed by atoms with Gasteiger partial charge in [-0.05, 0) is 32.9 Å². The van der Waals surface area contributed by atoms with Crippen LogP contribution in [-0.2, 0) is 4.79 Å². The van der Waals surface area contributed by atoms with Gasteiger partial charge in [-0.15, -0.1) is 0 Å². The van der Waals surface area contributed by atoms with E-state index in [1.54, 1.807) is 0 Å². The van der Waals surface area contributed by atoms with E-state index in [4.69, 9.17) is 0 Å². The monoisotopic (exact) mass is 171 g/mol. The Morgan fingerprint density at radius 1 is 1.33 bits per heavy atom. The van der Waals surface area contributed by atoms with Gasteiger partial charge in [-0.1, -0.05) is 19.8 Å². The predicted molar refractivity (Wildman–Crippen MR) is 52.2 cm³/mol. The van der Waals surface area contributed by atoms with Crippen molar-refractivity contribution in [1.29, 1.82) is 0 Å². The van der Waals surface area contributed by atoms with Crippen LogP contribution in [0.2, 0.25) is 0 Å². The first-order valence-electron chi connectivity index (χ1n) is 4.95. The van der Waals surface area contributed by atoms with E-state index in [1.807, 2.05) is 7.05 Å². The highest BCUT2D eigenvalue weighted by atomic mass is 16.1. The summed E-state index contributed by atoms with van der Waals surface area (Å²) in [4.78, 5) is 10.5. The normalized spacial score (nSPS) is 12.8. The molecule has 0 aliphatic rings. The van der Waals surface area contributed by atoms with Crippen LogP contribution < -0.4 is 5.32 Å². The van der Waals surface area contributed by atoms with E-state index in [9.17, 15) is 4.79 Å². The lowest BCUT2D eigenvalue weighted by atomic mass is 9.99. The Morgan fingerprint density at radius 2 is 2.08 bits per heavy atom. The summed E-state index contributed by atoms with van der Waals surface area (Å²) in [7, 11) is 1.96. The summed E-state index contributed by atoms with van der Waals surface area (Å²) in [6.45, 7) is 3.20. The number of nitrogens with one attached hydrogen (secondary N) is 1. The molecular weight excluding hydrogens is 150 g/mol. The zero-order valence-corrected chi connectivity index (χ0v) is 8.31. The molecule has 0 aromatic heterocycles. The molecule has 0 aliphatic carbocycles. The smallest absolute Gasteiger partial charge is 0.123 e. The van der Waals surface area contributed by atoms with E-state index in [2.05, 4.69) is 12.2 Å². The van der Waals surface area contributed by atoms with Gasteiger partial charge >= 0.3 is 0 Å². The van der Waals surface area contributed by atoms with Gasteiger partial charge in [0.1, 0.15) is 6.29 Å². The van der Waals surface area contributed by atoms with Crippen LogP contribution in [-0.4, -0.2) is 19.9 Å². The van der Waals surface area contributed by atoms with Crippen molar-refractivity contribution in [3.8, 4) is 0 Å². The number of aldehydes is 1. The average molecular weight is 171 g/mol. The van der Waals surface area contributed by atoms with Crippen molar-refractivity contribution in [2.75, 3.05) is 13.6 Å². The highest BCUT2D eigenvalue weighted by Gasteiger charge is 2.04. The van der Waals surface area contributed by atoms with Gasteiger partial charge in [-0.25, -0.2) is 0 Å². The Bertz CT molecular complexity index is 104. The Morgan fingerprint density at radius 3 is 2.58 bits per heavy atom. The number of carbonyl (C=O) groups excluding carboxylic acids is 1. The Kier molecular flexibility index (Phi) is 8.46. The molecule has 0 aromatic rings. The molecule has 0 saturated heterocycles. The van der Waals surface area contributed by atoms with Gasteiger partial charge in [-0.3, -0.25) is 0 Å². The van der Waals surface area contributed by atoms with Crippen LogP contribution in [0.3, 0.4) is 0 Å². The number of hydrogen-bond donors (Lipinski definition) is 1. The molecule has 0 rings (SSSR count). The zero-order valence-electron chi connectivity index (χ0n) is 8.31. The fraction of sp³-hybridized carbons (Fsp3) is 0.900. The van der Waals surface area contributed by atoms with E-state index in [-0.39, 0.29) is 0 Å². The van der Waals surface area contributed by atoms with E-state index in [1.165, 1.54) is 12.8 Å². The second-order valence-electron chi connectivity index (χ2n) is 3.28. The molecule has 1 atom stereocenters. The highest BCUT2D eigenvalue weighted by Crippen LogP contribution is 2.11. The van der Waals surface area contributed by atoms with Gasteiger partial charge in [-0.2, -0.15) is 0 Å². The molecular formula is C10H21NO. The summed E-state index contributed by atoms with van der Waals surface area (Å²) in [5.74, 6) is 0.312. The summed E-state index contributed by atoms with van der Waals surface area (Å²) in [5, 5.41) is 3.10. The number of carbonyl (C=O) groups is 1. The van der Waals surface area contributed by atoms with Gasteiger partial charge < -0.3 is 10.1 Å². The quantitative estimate of drug-likeness (QED) is 0.447. The molecule has 2 nitrogen and oxygen atoms in total. The highest BCUT2D eigenvalue weighted by molar-refractivity contribution is 5.53. The van der Waals surface area contributed by atoms with Crippen LogP contribution in [0.5, 0.6) is 0 Å². The third-order valence-corrected chi connectivity index (χ3v) is 2.10. The molecule has 0 fully saturated rings. The zero-order chi connectivity index (χ0) is 9.23. The molecule has 0 spiro atoms. The minimum absolute atomic E-state index is 0.312. The molecule has 2 heteroatoms. The Hall–Kier alpha value is -0.370. The van der Waals surface area contributed by atoms with Crippen LogP contribution >= 0.6 is 0 Å². The van der Waals surface area contributed by atoms with Crippen molar-refractivity contribution in [2.24, 2.45) is 5.92 Å². The van der Waals surface area contributed by atoms with E-state index >= 15 is 0 Å². The third kappa shape index (κ3) is 6.35. The van der Waals surface area contributed by atoms with Crippen molar-refractivity contribution in [3.05, 3.63) is 0 Å². The lowest BCUT2D eigenvalue weighted by Crippen LogP contribution is -2.08. The largest absolute Gasteiger partial charge is 0.320 e. The SMILES string of the molecule is CCCC(C=O)CCCCNC. The summed E-state index contributed by atoms with van der Waals surface area (Å²) >= 11 is 0. The molecule has 0 heterocycles. The number of hydrogen-bond acceptors (Lipinski definition) is 2.